The first-order valence-electron chi connectivity index (χ1n) is 8.11. The number of hydrogen-bond donors (Lipinski definition) is 1. The summed E-state index contributed by atoms with van der Waals surface area (Å²) >= 11 is 0. The largest absolute Gasteiger partial charge is 0.486 e. The smallest absolute Gasteiger partial charge is 0.338 e. The third kappa shape index (κ3) is 3.75. The van der Waals surface area contributed by atoms with Gasteiger partial charge in [0, 0.05) is 6.07 Å². The predicted molar refractivity (Wildman–Crippen MR) is 95.4 cm³/mol. The maximum absolute atomic E-state index is 12.7. The zero-order chi connectivity index (χ0) is 18.7. The van der Waals surface area contributed by atoms with Gasteiger partial charge in [0.25, 0.3) is 10.0 Å². The summed E-state index contributed by atoms with van der Waals surface area (Å²) in [6, 6.07) is 9.10. The van der Waals surface area contributed by atoms with Crippen molar-refractivity contribution < 1.29 is 27.4 Å². The highest BCUT2D eigenvalue weighted by molar-refractivity contribution is 7.92. The predicted octanol–water partition coefficient (Wildman–Crippen LogP) is 2.74. The van der Waals surface area contributed by atoms with Gasteiger partial charge in [-0.1, -0.05) is 0 Å². The topological polar surface area (TPSA) is 90.9 Å². The molecule has 1 N–H and O–H groups in total. The number of aryl methyl sites for hydroxylation is 1. The second-order valence-corrected chi connectivity index (χ2v) is 7.34. The number of carbonyl (C=O) groups is 1. The van der Waals surface area contributed by atoms with Gasteiger partial charge in [-0.25, -0.2) is 13.2 Å². The zero-order valence-electron chi connectivity index (χ0n) is 14.4. The van der Waals surface area contributed by atoms with Crippen LogP contribution in [0.15, 0.2) is 41.3 Å². The third-order valence-corrected chi connectivity index (χ3v) is 5.17. The molecule has 0 saturated carbocycles. The average Bonchev–Trinajstić information content (AvgIpc) is 2.63. The van der Waals surface area contributed by atoms with E-state index in [0.29, 0.717) is 41.5 Å². The van der Waals surface area contributed by atoms with Crippen molar-refractivity contribution in [3.05, 3.63) is 47.5 Å². The van der Waals surface area contributed by atoms with Crippen molar-refractivity contribution in [3.63, 3.8) is 0 Å². The first kappa shape index (κ1) is 18.1. The summed E-state index contributed by atoms with van der Waals surface area (Å²) in [5.41, 5.74) is 1.36. The Bertz CT molecular complexity index is 939. The van der Waals surface area contributed by atoms with E-state index in [1.54, 1.807) is 26.0 Å². The van der Waals surface area contributed by atoms with Crippen molar-refractivity contribution in [1.82, 2.24) is 0 Å². The van der Waals surface area contributed by atoms with Gasteiger partial charge in [0.05, 0.1) is 22.8 Å². The Labute approximate surface area is 151 Å². The molecule has 2 aromatic rings. The Balaban J connectivity index is 1.84. The Morgan fingerprint density at radius 2 is 1.85 bits per heavy atom. The van der Waals surface area contributed by atoms with E-state index in [2.05, 4.69) is 4.72 Å². The lowest BCUT2D eigenvalue weighted by Crippen LogP contribution is -2.17. The minimum Gasteiger partial charge on any atom is -0.486 e. The second-order valence-electron chi connectivity index (χ2n) is 5.66. The molecule has 0 fully saturated rings. The standard InChI is InChI=1S/C18H19NO6S/c1-3-23-18(20)13-4-6-15(12(2)10-13)19-26(21,22)14-5-7-16-17(11-14)25-9-8-24-16/h4-7,10-11,19H,3,8-9H2,1-2H3. The molecule has 26 heavy (non-hydrogen) atoms. The van der Waals surface area contributed by atoms with Gasteiger partial charge in [0.1, 0.15) is 13.2 Å². The van der Waals surface area contributed by atoms with Crippen LogP contribution in [0.2, 0.25) is 0 Å². The van der Waals surface area contributed by atoms with Crippen molar-refractivity contribution in [3.8, 4) is 11.5 Å². The van der Waals surface area contributed by atoms with Crippen LogP contribution in [0, 0.1) is 6.92 Å². The molecule has 2 aromatic carbocycles. The molecule has 7 nitrogen and oxygen atoms in total. The van der Waals surface area contributed by atoms with Gasteiger partial charge in [-0.2, -0.15) is 0 Å². The van der Waals surface area contributed by atoms with E-state index in [1.165, 1.54) is 24.3 Å². The number of esters is 1. The summed E-state index contributed by atoms with van der Waals surface area (Å²) in [5, 5.41) is 0. The highest BCUT2D eigenvalue weighted by Gasteiger charge is 2.20. The zero-order valence-corrected chi connectivity index (χ0v) is 15.3. The fourth-order valence-electron chi connectivity index (χ4n) is 2.51. The number of anilines is 1. The Morgan fingerprint density at radius 3 is 2.54 bits per heavy atom. The number of sulfonamides is 1. The van der Waals surface area contributed by atoms with Gasteiger partial charge in [-0.05, 0) is 49.7 Å². The molecule has 0 spiro atoms. The van der Waals surface area contributed by atoms with E-state index < -0.39 is 16.0 Å². The quantitative estimate of drug-likeness (QED) is 0.806. The van der Waals surface area contributed by atoms with Crippen LogP contribution >= 0.6 is 0 Å². The molecular weight excluding hydrogens is 358 g/mol. The molecular formula is C18H19NO6S. The molecule has 8 heteroatoms. The van der Waals surface area contributed by atoms with E-state index >= 15 is 0 Å². The van der Waals surface area contributed by atoms with Crippen LogP contribution in [0.3, 0.4) is 0 Å². The summed E-state index contributed by atoms with van der Waals surface area (Å²) in [4.78, 5) is 11.8. The van der Waals surface area contributed by atoms with Crippen LogP contribution in [0.1, 0.15) is 22.8 Å². The summed E-state index contributed by atoms with van der Waals surface area (Å²) < 4.78 is 43.6. The minimum absolute atomic E-state index is 0.0654. The van der Waals surface area contributed by atoms with Gasteiger partial charge in [0.15, 0.2) is 11.5 Å². The van der Waals surface area contributed by atoms with Gasteiger partial charge in [0.2, 0.25) is 0 Å². The van der Waals surface area contributed by atoms with E-state index in [1.807, 2.05) is 0 Å². The first-order valence-corrected chi connectivity index (χ1v) is 9.59. The number of carbonyl (C=O) groups excluding carboxylic acids is 1. The van der Waals surface area contributed by atoms with E-state index in [-0.39, 0.29) is 11.5 Å². The number of fused-ring (bicyclic) bond motifs is 1. The molecule has 1 heterocycles. The van der Waals surface area contributed by atoms with Crippen LogP contribution in [-0.4, -0.2) is 34.2 Å². The molecule has 0 aliphatic carbocycles. The molecule has 0 amide bonds. The first-order chi connectivity index (χ1) is 12.4. The van der Waals surface area contributed by atoms with Crippen LogP contribution < -0.4 is 14.2 Å². The molecule has 0 atom stereocenters. The molecule has 0 unspecified atom stereocenters. The van der Waals surface area contributed by atoms with Crippen LogP contribution in [0.25, 0.3) is 0 Å². The number of nitrogens with one attached hydrogen (secondary N) is 1. The van der Waals surface area contributed by atoms with E-state index in [9.17, 15) is 13.2 Å². The van der Waals surface area contributed by atoms with Crippen molar-refractivity contribution in [2.24, 2.45) is 0 Å². The third-order valence-electron chi connectivity index (χ3n) is 3.81. The number of hydrogen-bond acceptors (Lipinski definition) is 6. The van der Waals surface area contributed by atoms with Gasteiger partial charge < -0.3 is 14.2 Å². The molecule has 0 aromatic heterocycles. The number of ether oxygens (including phenoxy) is 3. The SMILES string of the molecule is CCOC(=O)c1ccc(NS(=O)(=O)c2ccc3c(c2)OCCO3)c(C)c1. The normalized spacial score (nSPS) is 13.2. The maximum Gasteiger partial charge on any atom is 0.338 e. The second kappa shape index (κ2) is 7.25. The lowest BCUT2D eigenvalue weighted by atomic mass is 10.1. The molecule has 0 radical (unpaired) electrons. The van der Waals surface area contributed by atoms with Crippen LogP contribution in [-0.2, 0) is 14.8 Å². The summed E-state index contributed by atoms with van der Waals surface area (Å²) in [6.45, 7) is 4.52. The molecule has 138 valence electrons. The van der Waals surface area contributed by atoms with Crippen molar-refractivity contribution in [2.45, 2.75) is 18.7 Å². The Kier molecular flexibility index (Phi) is 5.03. The molecule has 0 saturated heterocycles. The average molecular weight is 377 g/mol. The van der Waals surface area contributed by atoms with Gasteiger partial charge in [-0.15, -0.1) is 0 Å². The van der Waals surface area contributed by atoms with Crippen LogP contribution in [0.4, 0.5) is 5.69 Å². The highest BCUT2D eigenvalue weighted by atomic mass is 32.2. The van der Waals surface area contributed by atoms with Crippen molar-refractivity contribution >= 4 is 21.7 Å². The Morgan fingerprint density at radius 1 is 1.12 bits per heavy atom. The summed E-state index contributed by atoms with van der Waals surface area (Å²) in [5.74, 6) is 0.468. The van der Waals surface area contributed by atoms with Crippen molar-refractivity contribution in [2.75, 3.05) is 24.5 Å². The van der Waals surface area contributed by atoms with Crippen molar-refractivity contribution in [1.29, 1.82) is 0 Å². The van der Waals surface area contributed by atoms with E-state index in [0.717, 1.165) is 0 Å². The maximum atomic E-state index is 12.7. The Hall–Kier alpha value is -2.74. The van der Waals surface area contributed by atoms with Gasteiger partial charge in [-0.3, -0.25) is 4.72 Å². The highest BCUT2D eigenvalue weighted by Crippen LogP contribution is 2.33. The monoisotopic (exact) mass is 377 g/mol. The summed E-state index contributed by atoms with van der Waals surface area (Å²) in [7, 11) is -3.81. The lowest BCUT2D eigenvalue weighted by Gasteiger charge is -2.19. The number of benzene rings is 2. The molecule has 3 rings (SSSR count). The summed E-state index contributed by atoms with van der Waals surface area (Å²) in [6.07, 6.45) is 0. The van der Waals surface area contributed by atoms with Crippen LogP contribution in [0.5, 0.6) is 11.5 Å². The minimum atomic E-state index is -3.81. The molecule has 1 aliphatic heterocycles. The fourth-order valence-corrected chi connectivity index (χ4v) is 3.66. The van der Waals surface area contributed by atoms with Gasteiger partial charge >= 0.3 is 5.97 Å². The molecule has 0 bridgehead atoms. The fraction of sp³-hybridized carbons (Fsp3) is 0.278. The molecule has 1 aliphatic rings. The van der Waals surface area contributed by atoms with E-state index in [4.69, 9.17) is 14.2 Å². The lowest BCUT2D eigenvalue weighted by molar-refractivity contribution is 0.0526. The number of rotatable bonds is 5.